The summed E-state index contributed by atoms with van der Waals surface area (Å²) in [4.78, 5) is 0. The molecular formula is C12H11FO. The minimum atomic E-state index is -0.175. The van der Waals surface area contributed by atoms with Crippen molar-refractivity contribution >= 4 is 10.8 Å². The lowest BCUT2D eigenvalue weighted by Gasteiger charge is -2.05. The van der Waals surface area contributed by atoms with Gasteiger partial charge in [-0.25, -0.2) is 4.39 Å². The standard InChI is InChI=1S/C12H11FO/c1-2-10-11-5-4-9(14)7-8(11)3-6-12(10)13/h3-7,14H,2H2,1H3. The molecule has 2 aromatic carbocycles. The number of hydrogen-bond donors (Lipinski definition) is 1. The summed E-state index contributed by atoms with van der Waals surface area (Å²) in [6.07, 6.45) is 0.661. The highest BCUT2D eigenvalue weighted by molar-refractivity contribution is 5.87. The van der Waals surface area contributed by atoms with Crippen LogP contribution in [0.2, 0.25) is 0 Å². The predicted octanol–water partition coefficient (Wildman–Crippen LogP) is 3.25. The topological polar surface area (TPSA) is 20.2 Å². The molecule has 0 spiro atoms. The van der Waals surface area contributed by atoms with Crippen molar-refractivity contribution in [2.24, 2.45) is 0 Å². The monoisotopic (exact) mass is 190 g/mol. The Balaban J connectivity index is 2.82. The molecule has 0 saturated heterocycles. The Morgan fingerprint density at radius 3 is 2.71 bits per heavy atom. The number of rotatable bonds is 1. The van der Waals surface area contributed by atoms with Crippen molar-refractivity contribution in [3.05, 3.63) is 41.7 Å². The Morgan fingerprint density at radius 2 is 2.00 bits per heavy atom. The van der Waals surface area contributed by atoms with E-state index < -0.39 is 0 Å². The average Bonchev–Trinajstić information content (AvgIpc) is 2.18. The molecule has 0 aliphatic heterocycles. The summed E-state index contributed by atoms with van der Waals surface area (Å²) in [6.45, 7) is 1.92. The molecule has 2 aromatic rings. The molecule has 14 heavy (non-hydrogen) atoms. The first-order valence-electron chi connectivity index (χ1n) is 4.62. The maximum atomic E-state index is 13.4. The summed E-state index contributed by atoms with van der Waals surface area (Å²) in [5, 5.41) is 11.0. The van der Waals surface area contributed by atoms with Crippen molar-refractivity contribution in [1.29, 1.82) is 0 Å². The number of halogens is 1. The van der Waals surface area contributed by atoms with E-state index in [2.05, 4.69) is 0 Å². The van der Waals surface area contributed by atoms with Crippen LogP contribution in [0.4, 0.5) is 4.39 Å². The number of phenolic OH excluding ortho intramolecular Hbond substituents is 1. The number of aromatic hydroxyl groups is 1. The minimum Gasteiger partial charge on any atom is -0.508 e. The number of aryl methyl sites for hydroxylation is 1. The van der Waals surface area contributed by atoms with Crippen LogP contribution in [0.1, 0.15) is 12.5 Å². The van der Waals surface area contributed by atoms with Crippen molar-refractivity contribution in [2.75, 3.05) is 0 Å². The Bertz CT molecular complexity index is 477. The first-order valence-corrected chi connectivity index (χ1v) is 4.62. The molecule has 0 radical (unpaired) electrons. The molecule has 0 aromatic heterocycles. The molecule has 1 N–H and O–H groups in total. The summed E-state index contributed by atoms with van der Waals surface area (Å²) in [6, 6.07) is 8.12. The highest BCUT2D eigenvalue weighted by Crippen LogP contribution is 2.25. The Hall–Kier alpha value is -1.57. The van der Waals surface area contributed by atoms with Crippen molar-refractivity contribution in [3.63, 3.8) is 0 Å². The predicted molar refractivity (Wildman–Crippen MR) is 54.9 cm³/mol. The first-order chi connectivity index (χ1) is 6.72. The van der Waals surface area contributed by atoms with Gasteiger partial charge < -0.3 is 5.11 Å². The zero-order chi connectivity index (χ0) is 10.1. The normalized spacial score (nSPS) is 10.7. The zero-order valence-corrected chi connectivity index (χ0v) is 7.92. The maximum Gasteiger partial charge on any atom is 0.127 e. The summed E-state index contributed by atoms with van der Waals surface area (Å²) < 4.78 is 13.4. The quantitative estimate of drug-likeness (QED) is 0.731. The van der Waals surface area contributed by atoms with Crippen molar-refractivity contribution < 1.29 is 9.50 Å². The maximum absolute atomic E-state index is 13.4. The van der Waals surface area contributed by atoms with Crippen LogP contribution in [0.25, 0.3) is 10.8 Å². The van der Waals surface area contributed by atoms with Crippen LogP contribution in [-0.4, -0.2) is 5.11 Å². The lowest BCUT2D eigenvalue weighted by molar-refractivity contribution is 0.476. The van der Waals surface area contributed by atoms with Gasteiger partial charge in [-0.15, -0.1) is 0 Å². The third-order valence-corrected chi connectivity index (χ3v) is 2.41. The van der Waals surface area contributed by atoms with E-state index in [1.165, 1.54) is 6.07 Å². The van der Waals surface area contributed by atoms with E-state index in [4.69, 9.17) is 0 Å². The largest absolute Gasteiger partial charge is 0.508 e. The molecule has 2 heteroatoms. The number of fused-ring (bicyclic) bond motifs is 1. The van der Waals surface area contributed by atoms with Gasteiger partial charge in [-0.2, -0.15) is 0 Å². The van der Waals surface area contributed by atoms with E-state index in [1.54, 1.807) is 24.3 Å². The van der Waals surface area contributed by atoms with Gasteiger partial charge in [0.15, 0.2) is 0 Å². The first kappa shape index (κ1) is 9.00. The molecule has 0 saturated carbocycles. The average molecular weight is 190 g/mol. The highest BCUT2D eigenvalue weighted by Gasteiger charge is 2.05. The highest BCUT2D eigenvalue weighted by atomic mass is 19.1. The Morgan fingerprint density at radius 1 is 1.21 bits per heavy atom. The Labute approximate surface area is 81.8 Å². The van der Waals surface area contributed by atoms with Crippen LogP contribution in [0.3, 0.4) is 0 Å². The molecule has 0 aliphatic carbocycles. The molecule has 2 rings (SSSR count). The molecule has 0 aliphatic rings. The third kappa shape index (κ3) is 1.33. The summed E-state index contributed by atoms with van der Waals surface area (Å²) in [7, 11) is 0. The minimum absolute atomic E-state index is 0.175. The van der Waals surface area contributed by atoms with E-state index >= 15 is 0 Å². The van der Waals surface area contributed by atoms with E-state index in [0.717, 1.165) is 10.8 Å². The molecular weight excluding hydrogens is 179 g/mol. The van der Waals surface area contributed by atoms with Gasteiger partial charge in [0.2, 0.25) is 0 Å². The van der Waals surface area contributed by atoms with E-state index in [1.807, 2.05) is 6.92 Å². The van der Waals surface area contributed by atoms with Gasteiger partial charge in [0.25, 0.3) is 0 Å². The number of hydrogen-bond acceptors (Lipinski definition) is 1. The fraction of sp³-hybridized carbons (Fsp3) is 0.167. The van der Waals surface area contributed by atoms with Gasteiger partial charge >= 0.3 is 0 Å². The van der Waals surface area contributed by atoms with Gasteiger partial charge in [-0.05, 0) is 41.0 Å². The van der Waals surface area contributed by atoms with Crippen LogP contribution < -0.4 is 0 Å². The molecule has 0 amide bonds. The number of phenols is 1. The van der Waals surface area contributed by atoms with Crippen LogP contribution in [0.15, 0.2) is 30.3 Å². The van der Waals surface area contributed by atoms with Gasteiger partial charge in [-0.1, -0.05) is 19.1 Å². The van der Waals surface area contributed by atoms with Crippen LogP contribution in [0.5, 0.6) is 5.75 Å². The van der Waals surface area contributed by atoms with Gasteiger partial charge in [-0.3, -0.25) is 0 Å². The zero-order valence-electron chi connectivity index (χ0n) is 7.92. The molecule has 0 fully saturated rings. The third-order valence-electron chi connectivity index (χ3n) is 2.41. The SMILES string of the molecule is CCc1c(F)ccc2cc(O)ccc12. The van der Waals surface area contributed by atoms with Gasteiger partial charge in [0, 0.05) is 0 Å². The lowest BCUT2D eigenvalue weighted by atomic mass is 10.0. The second-order valence-electron chi connectivity index (χ2n) is 3.28. The molecule has 1 nitrogen and oxygen atoms in total. The summed E-state index contributed by atoms with van der Waals surface area (Å²) in [5.41, 5.74) is 0.711. The molecule has 72 valence electrons. The smallest absolute Gasteiger partial charge is 0.127 e. The fourth-order valence-electron chi connectivity index (χ4n) is 1.71. The van der Waals surface area contributed by atoms with Crippen LogP contribution in [-0.2, 0) is 6.42 Å². The molecule has 0 atom stereocenters. The fourth-order valence-corrected chi connectivity index (χ4v) is 1.71. The van der Waals surface area contributed by atoms with Gasteiger partial charge in [0.1, 0.15) is 11.6 Å². The Kier molecular flexibility index (Phi) is 2.12. The van der Waals surface area contributed by atoms with E-state index in [9.17, 15) is 9.50 Å². The van der Waals surface area contributed by atoms with Crippen molar-refractivity contribution in [3.8, 4) is 5.75 Å². The van der Waals surface area contributed by atoms with E-state index in [-0.39, 0.29) is 11.6 Å². The van der Waals surface area contributed by atoms with E-state index in [0.29, 0.717) is 12.0 Å². The lowest BCUT2D eigenvalue weighted by Crippen LogP contribution is -1.89. The van der Waals surface area contributed by atoms with Crippen molar-refractivity contribution in [2.45, 2.75) is 13.3 Å². The van der Waals surface area contributed by atoms with Gasteiger partial charge in [0.05, 0.1) is 0 Å². The summed E-state index contributed by atoms with van der Waals surface area (Å²) in [5.74, 6) is 0.0388. The summed E-state index contributed by atoms with van der Waals surface area (Å²) >= 11 is 0. The molecule has 0 bridgehead atoms. The molecule has 0 heterocycles. The molecule has 0 unspecified atom stereocenters. The van der Waals surface area contributed by atoms with Crippen LogP contribution in [0, 0.1) is 5.82 Å². The second-order valence-corrected chi connectivity index (χ2v) is 3.28. The van der Waals surface area contributed by atoms with Crippen LogP contribution >= 0.6 is 0 Å². The second kappa shape index (κ2) is 3.29. The number of benzene rings is 2. The van der Waals surface area contributed by atoms with Crippen molar-refractivity contribution in [1.82, 2.24) is 0 Å².